The van der Waals surface area contributed by atoms with Gasteiger partial charge in [-0.3, -0.25) is 0 Å². The molecule has 1 saturated carbocycles. The maximum Gasteiger partial charge on any atom is -0.0208 e. The highest BCUT2D eigenvalue weighted by molar-refractivity contribution is 7.38. The molecule has 88 valence electrons. The van der Waals surface area contributed by atoms with Gasteiger partial charge in [0.2, 0.25) is 0 Å². The fraction of sp³-hybridized carbons (Fsp3) is 1.00. The maximum atomic E-state index is 1.57. The summed E-state index contributed by atoms with van der Waals surface area (Å²) >= 11 is 0. The maximum absolute atomic E-state index is 1.57. The molecule has 3 atom stereocenters. The van der Waals surface area contributed by atoms with Crippen LogP contribution in [0.25, 0.3) is 0 Å². The van der Waals surface area contributed by atoms with Crippen molar-refractivity contribution >= 4 is 8.58 Å². The van der Waals surface area contributed by atoms with Gasteiger partial charge in [0, 0.05) is 0 Å². The standard InChI is InChI=1S/C14H27P/c1-2-7-11-14-13(9-5-1)10-6-3-4-8-12-15-14/h13-15H,1-12H2. The van der Waals surface area contributed by atoms with Crippen molar-refractivity contribution in [2.75, 3.05) is 6.16 Å². The quantitative estimate of drug-likeness (QED) is 0.512. The normalized spacial score (nSPS) is 36.8. The van der Waals surface area contributed by atoms with E-state index in [0.29, 0.717) is 0 Å². The summed E-state index contributed by atoms with van der Waals surface area (Å²) in [5.74, 6) is 1.13. The first-order valence-electron chi connectivity index (χ1n) is 7.20. The van der Waals surface area contributed by atoms with Crippen molar-refractivity contribution in [3.05, 3.63) is 0 Å². The minimum Gasteiger partial charge on any atom is -0.119 e. The van der Waals surface area contributed by atoms with Gasteiger partial charge in [0.1, 0.15) is 0 Å². The van der Waals surface area contributed by atoms with Gasteiger partial charge in [-0.15, -0.1) is 8.58 Å². The van der Waals surface area contributed by atoms with Crippen LogP contribution in [0, 0.1) is 5.92 Å². The van der Waals surface area contributed by atoms with Crippen LogP contribution < -0.4 is 0 Å². The Balaban J connectivity index is 1.90. The topological polar surface area (TPSA) is 0 Å². The van der Waals surface area contributed by atoms with Crippen LogP contribution in [-0.4, -0.2) is 11.8 Å². The van der Waals surface area contributed by atoms with Gasteiger partial charge in [-0.05, 0) is 43.4 Å². The zero-order valence-electron chi connectivity index (χ0n) is 10.1. The van der Waals surface area contributed by atoms with Gasteiger partial charge in [-0.1, -0.05) is 44.9 Å². The molecule has 1 heterocycles. The number of hydrogen-bond acceptors (Lipinski definition) is 0. The van der Waals surface area contributed by atoms with E-state index in [-0.39, 0.29) is 0 Å². The predicted molar refractivity (Wildman–Crippen MR) is 71.2 cm³/mol. The molecule has 1 heteroatoms. The molecule has 2 fully saturated rings. The van der Waals surface area contributed by atoms with Gasteiger partial charge >= 0.3 is 0 Å². The van der Waals surface area contributed by atoms with E-state index in [1.54, 1.807) is 25.4 Å². The molecule has 0 aromatic heterocycles. The molecular weight excluding hydrogens is 199 g/mol. The highest BCUT2D eigenvalue weighted by Crippen LogP contribution is 2.39. The number of rotatable bonds is 0. The van der Waals surface area contributed by atoms with Crippen molar-refractivity contribution in [2.45, 2.75) is 76.3 Å². The molecule has 0 aromatic rings. The van der Waals surface area contributed by atoms with Gasteiger partial charge in [-0.2, -0.15) is 0 Å². The van der Waals surface area contributed by atoms with Gasteiger partial charge in [-0.25, -0.2) is 0 Å². The van der Waals surface area contributed by atoms with E-state index in [1.807, 2.05) is 0 Å². The van der Waals surface area contributed by atoms with Crippen molar-refractivity contribution in [3.8, 4) is 0 Å². The van der Waals surface area contributed by atoms with Crippen LogP contribution in [0.3, 0.4) is 0 Å². The van der Waals surface area contributed by atoms with Crippen molar-refractivity contribution < 1.29 is 0 Å². The Labute approximate surface area is 97.4 Å². The second-order valence-electron chi connectivity index (χ2n) is 5.52. The molecule has 1 saturated heterocycles. The second kappa shape index (κ2) is 6.89. The third-order valence-electron chi connectivity index (χ3n) is 4.32. The lowest BCUT2D eigenvalue weighted by Gasteiger charge is -2.29. The van der Waals surface area contributed by atoms with E-state index in [4.69, 9.17) is 0 Å². The van der Waals surface area contributed by atoms with Gasteiger partial charge in [0.15, 0.2) is 0 Å². The highest BCUT2D eigenvalue weighted by atomic mass is 31.1. The van der Waals surface area contributed by atoms with Crippen molar-refractivity contribution in [1.29, 1.82) is 0 Å². The van der Waals surface area contributed by atoms with E-state index < -0.39 is 0 Å². The Hall–Kier alpha value is 0.430. The summed E-state index contributed by atoms with van der Waals surface area (Å²) in [5, 5.41) is 0. The molecule has 1 aliphatic carbocycles. The zero-order valence-corrected chi connectivity index (χ0v) is 11.1. The Morgan fingerprint density at radius 2 is 1.20 bits per heavy atom. The van der Waals surface area contributed by atoms with Crippen LogP contribution in [0.5, 0.6) is 0 Å². The fourth-order valence-corrected chi connectivity index (χ4v) is 5.25. The summed E-state index contributed by atoms with van der Waals surface area (Å²) in [6, 6.07) is 0. The first kappa shape index (κ1) is 11.9. The molecule has 0 bridgehead atoms. The Morgan fingerprint density at radius 3 is 1.93 bits per heavy atom. The average molecular weight is 226 g/mol. The van der Waals surface area contributed by atoms with Gasteiger partial charge < -0.3 is 0 Å². The molecule has 0 radical (unpaired) electrons. The molecule has 0 nitrogen and oxygen atoms in total. The predicted octanol–water partition coefficient (Wildman–Crippen LogP) is 4.97. The summed E-state index contributed by atoms with van der Waals surface area (Å²) in [6.45, 7) is 0. The molecule has 2 rings (SSSR count). The Kier molecular flexibility index (Phi) is 5.47. The summed E-state index contributed by atoms with van der Waals surface area (Å²) < 4.78 is 0. The van der Waals surface area contributed by atoms with E-state index >= 15 is 0 Å². The number of fused-ring (bicyclic) bond motifs is 1. The fourth-order valence-electron chi connectivity index (χ4n) is 3.35. The lowest BCUT2D eigenvalue weighted by molar-refractivity contribution is 0.358. The van der Waals surface area contributed by atoms with E-state index in [1.165, 1.54) is 59.9 Å². The van der Waals surface area contributed by atoms with Crippen LogP contribution in [0.1, 0.15) is 70.6 Å². The van der Waals surface area contributed by atoms with Crippen molar-refractivity contribution in [1.82, 2.24) is 0 Å². The van der Waals surface area contributed by atoms with Crippen LogP contribution in [0.2, 0.25) is 0 Å². The first-order valence-corrected chi connectivity index (χ1v) is 8.48. The summed E-state index contributed by atoms with van der Waals surface area (Å²) in [7, 11) is 1.31. The van der Waals surface area contributed by atoms with Crippen molar-refractivity contribution in [3.63, 3.8) is 0 Å². The Bertz CT molecular complexity index is 149. The average Bonchev–Trinajstić information content (AvgIpc) is 2.31. The third kappa shape index (κ3) is 4.06. The molecule has 0 spiro atoms. The molecule has 0 N–H and O–H groups in total. The summed E-state index contributed by atoms with van der Waals surface area (Å²) in [4.78, 5) is 0. The monoisotopic (exact) mass is 226 g/mol. The summed E-state index contributed by atoms with van der Waals surface area (Å²) in [5.41, 5.74) is 1.14. The van der Waals surface area contributed by atoms with E-state index in [0.717, 1.165) is 11.6 Å². The Morgan fingerprint density at radius 1 is 0.600 bits per heavy atom. The molecular formula is C14H27P. The third-order valence-corrected chi connectivity index (χ3v) is 6.24. The highest BCUT2D eigenvalue weighted by Gasteiger charge is 2.22. The van der Waals surface area contributed by atoms with Crippen LogP contribution in [-0.2, 0) is 0 Å². The minimum atomic E-state index is 1.13. The molecule has 0 amide bonds. The van der Waals surface area contributed by atoms with Crippen molar-refractivity contribution in [2.24, 2.45) is 5.92 Å². The molecule has 2 aliphatic rings. The lowest BCUT2D eigenvalue weighted by Crippen LogP contribution is -2.18. The summed E-state index contributed by atoms with van der Waals surface area (Å²) in [6.07, 6.45) is 18.5. The lowest BCUT2D eigenvalue weighted by atomic mass is 9.87. The number of hydrogen-bond donors (Lipinski definition) is 0. The second-order valence-corrected chi connectivity index (χ2v) is 7.16. The zero-order chi connectivity index (χ0) is 10.3. The minimum absolute atomic E-state index is 1.13. The van der Waals surface area contributed by atoms with Gasteiger partial charge in [0.05, 0.1) is 0 Å². The van der Waals surface area contributed by atoms with E-state index in [9.17, 15) is 0 Å². The molecule has 3 unspecified atom stereocenters. The SMILES string of the molecule is C1CCCC2CCCCCCC2PCC1. The van der Waals surface area contributed by atoms with Gasteiger partial charge in [0.25, 0.3) is 0 Å². The first-order chi connectivity index (χ1) is 7.47. The molecule has 0 aromatic carbocycles. The largest absolute Gasteiger partial charge is 0.119 e. The molecule has 1 aliphatic heterocycles. The van der Waals surface area contributed by atoms with Crippen LogP contribution >= 0.6 is 8.58 Å². The van der Waals surface area contributed by atoms with E-state index in [2.05, 4.69) is 0 Å². The smallest absolute Gasteiger partial charge is 0.0208 e. The molecule has 15 heavy (non-hydrogen) atoms. The van der Waals surface area contributed by atoms with Crippen LogP contribution in [0.4, 0.5) is 0 Å². The van der Waals surface area contributed by atoms with Crippen LogP contribution in [0.15, 0.2) is 0 Å².